The Hall–Kier alpha value is -2.50. The molecule has 0 aliphatic rings. The quantitative estimate of drug-likeness (QED) is 0.935. The average molecular weight is 282 g/mol. The number of ether oxygens (including phenoxy) is 1. The predicted octanol–water partition coefficient (Wildman–Crippen LogP) is 3.38. The van der Waals surface area contributed by atoms with Crippen LogP contribution in [0, 0.1) is 17.5 Å². The van der Waals surface area contributed by atoms with Crippen LogP contribution in [-0.4, -0.2) is 11.1 Å². The van der Waals surface area contributed by atoms with Gasteiger partial charge >= 0.3 is 5.97 Å². The maximum atomic E-state index is 13.2. The van der Waals surface area contributed by atoms with Crippen molar-refractivity contribution in [1.29, 1.82) is 0 Å². The summed E-state index contributed by atoms with van der Waals surface area (Å²) in [5.74, 6) is -4.05. The standard InChI is InChI=1S/C14H9F3O3/c15-10-4-9(14(18)19)5-11(6-10)20-7-8-1-2-12(16)13(17)3-8/h1-6H,7H2,(H,18,19). The van der Waals surface area contributed by atoms with Crippen molar-refractivity contribution in [3.63, 3.8) is 0 Å². The molecule has 0 aliphatic carbocycles. The molecule has 0 amide bonds. The molecule has 104 valence electrons. The van der Waals surface area contributed by atoms with Crippen LogP contribution in [0.2, 0.25) is 0 Å². The summed E-state index contributed by atoms with van der Waals surface area (Å²) >= 11 is 0. The Morgan fingerprint density at radius 3 is 2.45 bits per heavy atom. The van der Waals surface area contributed by atoms with Crippen molar-refractivity contribution in [2.75, 3.05) is 0 Å². The van der Waals surface area contributed by atoms with Gasteiger partial charge in [0.05, 0.1) is 5.56 Å². The number of carboxylic acids is 1. The van der Waals surface area contributed by atoms with Gasteiger partial charge in [0.2, 0.25) is 0 Å². The minimum atomic E-state index is -1.29. The maximum absolute atomic E-state index is 13.2. The van der Waals surface area contributed by atoms with Gasteiger partial charge in [-0.1, -0.05) is 6.07 Å². The summed E-state index contributed by atoms with van der Waals surface area (Å²) in [4.78, 5) is 10.7. The lowest BCUT2D eigenvalue weighted by atomic mass is 10.2. The number of aromatic carboxylic acids is 1. The van der Waals surface area contributed by atoms with Gasteiger partial charge in [-0.05, 0) is 29.8 Å². The van der Waals surface area contributed by atoms with E-state index in [4.69, 9.17) is 9.84 Å². The largest absolute Gasteiger partial charge is 0.489 e. The van der Waals surface area contributed by atoms with Crippen LogP contribution in [-0.2, 0) is 6.61 Å². The molecule has 0 aromatic heterocycles. The van der Waals surface area contributed by atoms with Gasteiger partial charge < -0.3 is 9.84 Å². The number of hydrogen-bond acceptors (Lipinski definition) is 2. The van der Waals surface area contributed by atoms with Gasteiger partial charge in [-0.15, -0.1) is 0 Å². The first-order chi connectivity index (χ1) is 9.45. The number of benzene rings is 2. The molecule has 0 atom stereocenters. The van der Waals surface area contributed by atoms with Crippen molar-refractivity contribution in [2.24, 2.45) is 0 Å². The normalized spacial score (nSPS) is 10.3. The third kappa shape index (κ3) is 3.28. The Morgan fingerprint density at radius 1 is 1.05 bits per heavy atom. The molecule has 6 heteroatoms. The van der Waals surface area contributed by atoms with E-state index < -0.39 is 23.4 Å². The van der Waals surface area contributed by atoms with E-state index in [2.05, 4.69) is 0 Å². The van der Waals surface area contributed by atoms with Crippen LogP contribution in [0.1, 0.15) is 15.9 Å². The fourth-order valence-electron chi connectivity index (χ4n) is 1.57. The highest BCUT2D eigenvalue weighted by atomic mass is 19.2. The van der Waals surface area contributed by atoms with E-state index in [0.29, 0.717) is 5.56 Å². The average Bonchev–Trinajstić information content (AvgIpc) is 2.39. The summed E-state index contributed by atoms with van der Waals surface area (Å²) in [6, 6.07) is 6.22. The monoisotopic (exact) mass is 282 g/mol. The Bertz CT molecular complexity index is 656. The minimum Gasteiger partial charge on any atom is -0.489 e. The molecule has 0 saturated heterocycles. The van der Waals surface area contributed by atoms with Gasteiger partial charge in [-0.25, -0.2) is 18.0 Å². The van der Waals surface area contributed by atoms with Gasteiger partial charge in [0.15, 0.2) is 11.6 Å². The predicted molar refractivity (Wildman–Crippen MR) is 64.0 cm³/mol. The molecule has 0 radical (unpaired) electrons. The highest BCUT2D eigenvalue weighted by molar-refractivity contribution is 5.88. The SMILES string of the molecule is O=C(O)c1cc(F)cc(OCc2ccc(F)c(F)c2)c1. The van der Waals surface area contributed by atoms with E-state index in [1.807, 2.05) is 0 Å². The van der Waals surface area contributed by atoms with Crippen LogP contribution < -0.4 is 4.74 Å². The van der Waals surface area contributed by atoms with Gasteiger partial charge in [0.25, 0.3) is 0 Å². The zero-order valence-electron chi connectivity index (χ0n) is 10.1. The van der Waals surface area contributed by atoms with Crippen molar-refractivity contribution in [1.82, 2.24) is 0 Å². The highest BCUT2D eigenvalue weighted by Gasteiger charge is 2.09. The van der Waals surface area contributed by atoms with E-state index >= 15 is 0 Å². The van der Waals surface area contributed by atoms with Crippen LogP contribution in [0.3, 0.4) is 0 Å². The molecule has 0 fully saturated rings. The van der Waals surface area contributed by atoms with Gasteiger partial charge in [0, 0.05) is 6.07 Å². The van der Waals surface area contributed by atoms with Crippen LogP contribution in [0.4, 0.5) is 13.2 Å². The van der Waals surface area contributed by atoms with E-state index in [-0.39, 0.29) is 17.9 Å². The van der Waals surface area contributed by atoms with Gasteiger partial charge in [-0.3, -0.25) is 0 Å². The number of carboxylic acid groups (broad SMARTS) is 1. The molecule has 2 aromatic carbocycles. The molecule has 0 unspecified atom stereocenters. The fourth-order valence-corrected chi connectivity index (χ4v) is 1.57. The molecule has 0 heterocycles. The van der Waals surface area contributed by atoms with Crippen molar-refractivity contribution in [3.05, 3.63) is 65.0 Å². The summed E-state index contributed by atoms with van der Waals surface area (Å²) in [6.07, 6.45) is 0. The molecule has 20 heavy (non-hydrogen) atoms. The Kier molecular flexibility index (Phi) is 3.93. The molecule has 1 N–H and O–H groups in total. The minimum absolute atomic E-state index is 0.00728. The van der Waals surface area contributed by atoms with Crippen LogP contribution in [0.15, 0.2) is 36.4 Å². The molecule has 0 bridgehead atoms. The van der Waals surface area contributed by atoms with Gasteiger partial charge in [0.1, 0.15) is 18.2 Å². The van der Waals surface area contributed by atoms with Gasteiger partial charge in [-0.2, -0.15) is 0 Å². The summed E-state index contributed by atoms with van der Waals surface area (Å²) in [6.45, 7) is -0.139. The topological polar surface area (TPSA) is 46.5 Å². The maximum Gasteiger partial charge on any atom is 0.335 e. The lowest BCUT2D eigenvalue weighted by Gasteiger charge is -2.08. The summed E-state index contributed by atoms with van der Waals surface area (Å²) in [7, 11) is 0. The van der Waals surface area contributed by atoms with Crippen molar-refractivity contribution in [2.45, 2.75) is 6.61 Å². The van der Waals surface area contributed by atoms with E-state index in [0.717, 1.165) is 30.3 Å². The van der Waals surface area contributed by atoms with Crippen LogP contribution in [0.25, 0.3) is 0 Å². The first-order valence-electron chi connectivity index (χ1n) is 5.56. The van der Waals surface area contributed by atoms with E-state index in [1.165, 1.54) is 6.07 Å². The lowest BCUT2D eigenvalue weighted by Crippen LogP contribution is -2.01. The smallest absolute Gasteiger partial charge is 0.335 e. The first-order valence-corrected chi connectivity index (χ1v) is 5.56. The molecule has 3 nitrogen and oxygen atoms in total. The zero-order valence-corrected chi connectivity index (χ0v) is 10.1. The number of carbonyl (C=O) groups is 1. The number of rotatable bonds is 4. The Balaban J connectivity index is 2.14. The molecule has 2 aromatic rings. The van der Waals surface area contributed by atoms with Crippen LogP contribution >= 0.6 is 0 Å². The van der Waals surface area contributed by atoms with Crippen LogP contribution in [0.5, 0.6) is 5.75 Å². The Labute approximate surface area is 112 Å². The van der Waals surface area contributed by atoms with Crippen molar-refractivity contribution < 1.29 is 27.8 Å². The number of halogens is 3. The first kappa shape index (κ1) is 13.9. The summed E-state index contributed by atoms with van der Waals surface area (Å²) in [5, 5.41) is 8.77. The Morgan fingerprint density at radius 2 is 1.80 bits per heavy atom. The van der Waals surface area contributed by atoms with Crippen molar-refractivity contribution >= 4 is 5.97 Å². The third-order valence-corrected chi connectivity index (χ3v) is 2.51. The molecule has 0 saturated carbocycles. The zero-order chi connectivity index (χ0) is 14.7. The second-order valence-corrected chi connectivity index (χ2v) is 4.02. The molecule has 0 aliphatic heterocycles. The highest BCUT2D eigenvalue weighted by Crippen LogP contribution is 2.18. The number of hydrogen-bond donors (Lipinski definition) is 1. The molecule has 0 spiro atoms. The molecular formula is C14H9F3O3. The second kappa shape index (κ2) is 5.64. The van der Waals surface area contributed by atoms with E-state index in [1.54, 1.807) is 0 Å². The van der Waals surface area contributed by atoms with Crippen molar-refractivity contribution in [3.8, 4) is 5.75 Å². The summed E-state index contributed by atoms with van der Waals surface area (Å²) < 4.78 is 44.0. The fraction of sp³-hybridized carbons (Fsp3) is 0.0714. The summed E-state index contributed by atoms with van der Waals surface area (Å²) in [5.41, 5.74) is 0.0790. The molecule has 2 rings (SSSR count). The third-order valence-electron chi connectivity index (χ3n) is 2.51. The molecular weight excluding hydrogens is 273 g/mol. The lowest BCUT2D eigenvalue weighted by molar-refractivity contribution is 0.0695. The second-order valence-electron chi connectivity index (χ2n) is 4.02. The van der Waals surface area contributed by atoms with E-state index in [9.17, 15) is 18.0 Å².